The van der Waals surface area contributed by atoms with E-state index < -0.39 is 268 Å². The van der Waals surface area contributed by atoms with Crippen molar-refractivity contribution in [2.75, 3.05) is 33.0 Å². The lowest BCUT2D eigenvalue weighted by molar-refractivity contribution is -0.400. The molecule has 0 radical (unpaired) electrons. The molecule has 5 aliphatic carbocycles. The second-order valence-corrected chi connectivity index (χ2v) is 30.9. The van der Waals surface area contributed by atoms with Crippen LogP contribution < -0.4 is 0 Å². The van der Waals surface area contributed by atoms with Crippen LogP contribution in [-0.4, -0.2) is 326 Å². The van der Waals surface area contributed by atoms with E-state index in [9.17, 15) is 102 Å². The Morgan fingerprint density at radius 1 is 0.485 bits per heavy atom. The highest BCUT2D eigenvalue weighted by Crippen LogP contribution is 2.76. The molecule has 0 aromatic carbocycles. The summed E-state index contributed by atoms with van der Waals surface area (Å²) in [6.45, 7) is 9.81. The molecule has 0 aromatic rings. The van der Waals surface area contributed by atoms with Gasteiger partial charge in [-0.05, 0) is 111 Å². The van der Waals surface area contributed by atoms with Gasteiger partial charge in [0.1, 0.15) is 128 Å². The Morgan fingerprint density at radius 2 is 0.959 bits per heavy atom. The maximum Gasteiger partial charge on any atom is 0.315 e. The Hall–Kier alpha value is -2.48. The van der Waals surface area contributed by atoms with Gasteiger partial charge in [-0.15, -0.1) is 0 Å². The number of aliphatic hydroxyl groups excluding tert-OH is 18. The summed E-state index contributed by atoms with van der Waals surface area (Å²) < 4.78 is 71.4. The molecule has 0 unspecified atom stereocenters. The van der Waals surface area contributed by atoms with Crippen molar-refractivity contribution < 1.29 is 163 Å². The van der Waals surface area contributed by atoms with Gasteiger partial charge in [-0.25, -0.2) is 0 Å². The van der Waals surface area contributed by atoms with Gasteiger partial charge >= 0.3 is 11.9 Å². The molecule has 0 aromatic heterocycles. The third kappa shape index (κ3) is 12.8. The first-order chi connectivity index (χ1) is 45.5. The van der Waals surface area contributed by atoms with Crippen LogP contribution in [0.15, 0.2) is 11.6 Å². The fourth-order valence-corrected chi connectivity index (χ4v) is 18.9. The number of allylic oxidation sites excluding steroid dienone is 2. The standard InChI is InChI=1S/C64H102O33/c1-23-46(92-51-43(80)34(71)27(69)21-86-51)42(79)45(82)52(88-23)93-47-35(72)28(70)22-87-54(47)97-58(85)64-14-12-59(2,3)16-25(64)24-8-9-32-60(4)17-26(68)50(63(7,57(83)84)33(60)10-11-62(32,6)61(24,5)13-15-64)96-56-49(41(78)38(75)31(20-67)91-56)95-55-48(40(77)37(74)30(19-66)90-55)94-53-44(81)39(76)36(73)29(18-65)89-53/h8,23,25-56,65-82H,9-22H2,1-7H3,(H,83,84)/t23-,25-,26-,27+,28-,29+,30+,31+,32+,33+,34-,35-,36+,37+,38+,39-,40-,41-,42-,43+,44+,45+,46-,47+,48+,49+,50-,51-,52-,53-,54-,55-,56-,60+,61+,62+,63-,64-/m0/s1. The first-order valence-electron chi connectivity index (χ1n) is 33.8. The van der Waals surface area contributed by atoms with Crippen LogP contribution in [0.25, 0.3) is 0 Å². The lowest BCUT2D eigenvalue weighted by Gasteiger charge is -2.71. The zero-order valence-corrected chi connectivity index (χ0v) is 55.2. The maximum atomic E-state index is 15.5. The van der Waals surface area contributed by atoms with Crippen LogP contribution in [0.4, 0.5) is 0 Å². The van der Waals surface area contributed by atoms with Crippen molar-refractivity contribution in [3.8, 4) is 0 Å². The van der Waals surface area contributed by atoms with Crippen LogP contribution in [0, 0.1) is 50.2 Å². The van der Waals surface area contributed by atoms with E-state index in [-0.39, 0.29) is 24.2 Å². The Labute approximate surface area is 559 Å². The zero-order valence-electron chi connectivity index (χ0n) is 55.2. The van der Waals surface area contributed by atoms with Gasteiger partial charge in [0.05, 0.1) is 56.1 Å². The van der Waals surface area contributed by atoms with E-state index in [0.717, 1.165) is 5.57 Å². The molecule has 0 spiro atoms. The molecular formula is C64H102O33. The number of carbonyl (C=O) groups is 2. The molecule has 556 valence electrons. The van der Waals surface area contributed by atoms with E-state index in [1.807, 2.05) is 6.92 Å². The number of aliphatic carboxylic acids is 1. The fourth-order valence-electron chi connectivity index (χ4n) is 18.9. The second-order valence-electron chi connectivity index (χ2n) is 30.9. The van der Waals surface area contributed by atoms with Crippen LogP contribution >= 0.6 is 0 Å². The molecule has 10 fully saturated rings. The van der Waals surface area contributed by atoms with Crippen LogP contribution in [0.2, 0.25) is 0 Å². The smallest absolute Gasteiger partial charge is 0.315 e. The van der Waals surface area contributed by atoms with E-state index in [4.69, 9.17) is 56.8 Å². The van der Waals surface area contributed by atoms with Gasteiger partial charge in [0.2, 0.25) is 6.29 Å². The van der Waals surface area contributed by atoms with Crippen molar-refractivity contribution >= 4 is 11.9 Å². The minimum atomic E-state index is -2.10. The molecular weight excluding hydrogens is 1300 g/mol. The number of carbonyl (C=O) groups excluding carboxylic acids is 1. The summed E-state index contributed by atoms with van der Waals surface area (Å²) in [6.07, 6.45) is -47.6. The normalized spacial score (nSPS) is 54.6. The van der Waals surface area contributed by atoms with Crippen LogP contribution in [0.3, 0.4) is 0 Å². The highest BCUT2D eigenvalue weighted by molar-refractivity contribution is 5.79. The van der Waals surface area contributed by atoms with E-state index >= 15 is 4.79 Å². The minimum Gasteiger partial charge on any atom is -0.481 e. The summed E-state index contributed by atoms with van der Waals surface area (Å²) in [5.41, 5.74) is -4.71. The molecule has 0 amide bonds. The van der Waals surface area contributed by atoms with Gasteiger partial charge in [-0.2, -0.15) is 0 Å². The molecule has 6 saturated heterocycles. The van der Waals surface area contributed by atoms with Crippen molar-refractivity contribution in [1.29, 1.82) is 0 Å². The van der Waals surface area contributed by atoms with E-state index in [1.54, 1.807) is 0 Å². The van der Waals surface area contributed by atoms with Gasteiger partial charge in [0, 0.05) is 0 Å². The number of carboxylic acid groups (broad SMARTS) is 1. The number of fused-ring (bicyclic) bond motifs is 7. The van der Waals surface area contributed by atoms with Crippen molar-refractivity contribution in [2.45, 2.75) is 290 Å². The van der Waals surface area contributed by atoms with E-state index in [2.05, 4.69) is 33.8 Å². The molecule has 11 rings (SSSR count). The van der Waals surface area contributed by atoms with Crippen molar-refractivity contribution in [1.82, 2.24) is 0 Å². The summed E-state index contributed by atoms with van der Waals surface area (Å²) in [7, 11) is 0. The first kappa shape index (κ1) is 75.7. The lowest BCUT2D eigenvalue weighted by atomic mass is 9.33. The summed E-state index contributed by atoms with van der Waals surface area (Å²) in [6, 6.07) is 0. The van der Waals surface area contributed by atoms with Crippen LogP contribution in [-0.2, 0) is 66.4 Å². The predicted molar refractivity (Wildman–Crippen MR) is 318 cm³/mol. The number of ether oxygens (including phenoxy) is 12. The summed E-state index contributed by atoms with van der Waals surface area (Å²) in [5.74, 6) is -3.56. The fraction of sp³-hybridized carbons (Fsp3) is 0.938. The molecule has 38 atom stereocenters. The van der Waals surface area contributed by atoms with Gasteiger partial charge in [-0.3, -0.25) is 9.59 Å². The van der Waals surface area contributed by atoms with E-state index in [1.165, 1.54) is 13.8 Å². The Kier molecular flexibility index (Phi) is 22.0. The van der Waals surface area contributed by atoms with Gasteiger partial charge in [0.25, 0.3) is 0 Å². The molecule has 33 nitrogen and oxygen atoms in total. The Bertz CT molecular complexity index is 2780. The third-order valence-corrected chi connectivity index (χ3v) is 24.9. The molecule has 4 saturated carbocycles. The largest absolute Gasteiger partial charge is 0.481 e. The van der Waals surface area contributed by atoms with Crippen molar-refractivity contribution in [2.24, 2.45) is 50.2 Å². The van der Waals surface area contributed by atoms with Gasteiger partial charge < -0.3 is 154 Å². The maximum absolute atomic E-state index is 15.5. The monoisotopic (exact) mass is 1400 g/mol. The van der Waals surface area contributed by atoms with Crippen LogP contribution in [0.1, 0.15) is 106 Å². The quantitative estimate of drug-likeness (QED) is 0.0389. The SMILES string of the molecule is C[C@@H]1O[C@@H](O[C@H]2[C@H](OC(=O)[C@]34CCC(C)(C)C[C@H]3C3=CC[C@@H]5[C@@]6(C)C[C@H](O)[C@H](O[C@@H]7O[C@H](CO)[C@@H](O)[C@H](O)[C@H]7O[C@@H]7O[C@H](CO)[C@@H](O)[C@H](O)[C@H]7O[C@@H]7O[C@H](CO)[C@@H](O)[C@H](O)[C@H]7O)[C@@](C)(C(=O)O)[C@@H]6CC[C@@]5(C)[C@]3(C)CC4)OC[C@H](O)[C@@H]2O)[C@H](O)[C@H](O)[C@H]1O[C@@H]1OC[C@@H](O)[C@H](O)[C@H]1O. The molecule has 6 aliphatic heterocycles. The number of hydrogen-bond donors (Lipinski definition) is 19. The topological polar surface area (TPSA) is 529 Å². The second kappa shape index (κ2) is 28.2. The number of esters is 1. The van der Waals surface area contributed by atoms with Gasteiger partial charge in [0.15, 0.2) is 37.6 Å². The van der Waals surface area contributed by atoms with Crippen LogP contribution in [0.5, 0.6) is 0 Å². The summed E-state index contributed by atoms with van der Waals surface area (Å²) >= 11 is 0. The third-order valence-electron chi connectivity index (χ3n) is 24.9. The molecule has 11 aliphatic rings. The average molecular weight is 1400 g/mol. The Balaban J connectivity index is 0.837. The highest BCUT2D eigenvalue weighted by atomic mass is 16.8. The minimum absolute atomic E-state index is 0.0516. The Morgan fingerprint density at radius 3 is 1.55 bits per heavy atom. The molecule has 97 heavy (non-hydrogen) atoms. The molecule has 6 heterocycles. The molecule has 19 N–H and O–H groups in total. The number of carboxylic acids is 1. The number of aliphatic hydroxyl groups is 18. The van der Waals surface area contributed by atoms with E-state index in [0.29, 0.717) is 44.9 Å². The predicted octanol–water partition coefficient (Wildman–Crippen LogP) is -6.05. The lowest BCUT2D eigenvalue weighted by Crippen LogP contribution is -2.71. The highest BCUT2D eigenvalue weighted by Gasteiger charge is 2.73. The van der Waals surface area contributed by atoms with Gasteiger partial charge in [-0.1, -0.05) is 46.3 Å². The zero-order chi connectivity index (χ0) is 70.9. The number of hydrogen-bond acceptors (Lipinski definition) is 32. The molecule has 33 heteroatoms. The summed E-state index contributed by atoms with van der Waals surface area (Å²) in [5, 5.41) is 208. The summed E-state index contributed by atoms with van der Waals surface area (Å²) in [4.78, 5) is 29.8. The number of rotatable bonds is 16. The molecule has 0 bridgehead atoms. The first-order valence-corrected chi connectivity index (χ1v) is 33.8. The van der Waals surface area contributed by atoms with Crippen molar-refractivity contribution in [3.63, 3.8) is 0 Å². The van der Waals surface area contributed by atoms with Crippen molar-refractivity contribution in [3.05, 3.63) is 11.6 Å². The average Bonchev–Trinajstić information content (AvgIpc) is 0.672.